The lowest BCUT2D eigenvalue weighted by Gasteiger charge is -2.29. The van der Waals surface area contributed by atoms with Crippen LogP contribution in [0.5, 0.6) is 0 Å². The standard InChI is InChI=1S/C9H13NO.ClH/c10-9(7-3-1-4-7)8-5-2-6-11-8;/h2,5-7,9H,1,3-4,10H2;1H/t9-;/m1./s1. The van der Waals surface area contributed by atoms with E-state index in [1.165, 1.54) is 19.3 Å². The average molecular weight is 188 g/mol. The number of hydrogen-bond acceptors (Lipinski definition) is 2. The maximum atomic E-state index is 5.95. The van der Waals surface area contributed by atoms with Crippen LogP contribution in [0.1, 0.15) is 31.1 Å². The fourth-order valence-corrected chi connectivity index (χ4v) is 1.51. The van der Waals surface area contributed by atoms with Crippen molar-refractivity contribution >= 4 is 12.4 Å². The van der Waals surface area contributed by atoms with Gasteiger partial charge in [-0.2, -0.15) is 0 Å². The second-order valence-electron chi connectivity index (χ2n) is 3.23. The van der Waals surface area contributed by atoms with Crippen molar-refractivity contribution in [3.05, 3.63) is 24.2 Å². The molecule has 1 aromatic heterocycles. The summed E-state index contributed by atoms with van der Waals surface area (Å²) in [6.45, 7) is 0. The van der Waals surface area contributed by atoms with Crippen molar-refractivity contribution in [2.75, 3.05) is 0 Å². The van der Waals surface area contributed by atoms with Crippen molar-refractivity contribution in [1.29, 1.82) is 0 Å². The van der Waals surface area contributed by atoms with Gasteiger partial charge in [-0.25, -0.2) is 0 Å². The SMILES string of the molecule is Cl.N[C@@H](c1ccco1)C1CCC1. The zero-order chi connectivity index (χ0) is 7.68. The van der Waals surface area contributed by atoms with Crippen LogP contribution in [0.4, 0.5) is 0 Å². The van der Waals surface area contributed by atoms with Crippen molar-refractivity contribution in [1.82, 2.24) is 0 Å². The minimum absolute atomic E-state index is 0. The van der Waals surface area contributed by atoms with Gasteiger partial charge in [0.25, 0.3) is 0 Å². The van der Waals surface area contributed by atoms with Gasteiger partial charge in [0.05, 0.1) is 12.3 Å². The third-order valence-corrected chi connectivity index (χ3v) is 2.53. The highest BCUT2D eigenvalue weighted by atomic mass is 35.5. The molecule has 1 fully saturated rings. The summed E-state index contributed by atoms with van der Waals surface area (Å²) in [7, 11) is 0. The normalized spacial score (nSPS) is 19.4. The molecule has 0 aromatic carbocycles. The number of rotatable bonds is 2. The van der Waals surface area contributed by atoms with Crippen LogP contribution in [0, 0.1) is 5.92 Å². The van der Waals surface area contributed by atoms with Gasteiger partial charge in [-0.1, -0.05) is 6.42 Å². The summed E-state index contributed by atoms with van der Waals surface area (Å²) >= 11 is 0. The maximum Gasteiger partial charge on any atom is 0.120 e. The molecule has 0 radical (unpaired) electrons. The zero-order valence-electron chi connectivity index (χ0n) is 6.90. The number of nitrogens with two attached hydrogens (primary N) is 1. The highest BCUT2D eigenvalue weighted by Crippen LogP contribution is 2.35. The molecule has 2 nitrogen and oxygen atoms in total. The summed E-state index contributed by atoms with van der Waals surface area (Å²) < 4.78 is 5.23. The highest BCUT2D eigenvalue weighted by Gasteiger charge is 2.26. The van der Waals surface area contributed by atoms with E-state index in [1.807, 2.05) is 12.1 Å². The molecule has 3 heteroatoms. The summed E-state index contributed by atoms with van der Waals surface area (Å²) in [6, 6.07) is 4.00. The first-order chi connectivity index (χ1) is 5.38. The van der Waals surface area contributed by atoms with E-state index in [1.54, 1.807) is 6.26 Å². The summed E-state index contributed by atoms with van der Waals surface area (Å²) in [5.74, 6) is 1.61. The molecule has 1 aromatic rings. The Labute approximate surface area is 78.5 Å². The van der Waals surface area contributed by atoms with Gasteiger partial charge in [-0.3, -0.25) is 0 Å². The molecule has 2 N–H and O–H groups in total. The van der Waals surface area contributed by atoms with Crippen molar-refractivity contribution < 1.29 is 4.42 Å². The molecule has 0 saturated heterocycles. The van der Waals surface area contributed by atoms with Gasteiger partial charge < -0.3 is 10.2 Å². The lowest BCUT2D eigenvalue weighted by atomic mass is 9.79. The van der Waals surface area contributed by atoms with E-state index in [9.17, 15) is 0 Å². The van der Waals surface area contributed by atoms with E-state index in [0.717, 1.165) is 5.76 Å². The lowest BCUT2D eigenvalue weighted by molar-refractivity contribution is 0.241. The van der Waals surface area contributed by atoms with Gasteiger partial charge in [0, 0.05) is 0 Å². The Morgan fingerprint density at radius 3 is 2.67 bits per heavy atom. The first-order valence-corrected chi connectivity index (χ1v) is 4.17. The Morgan fingerprint density at radius 2 is 2.25 bits per heavy atom. The molecule has 2 rings (SSSR count). The van der Waals surface area contributed by atoms with Gasteiger partial charge in [-0.15, -0.1) is 12.4 Å². The fraction of sp³-hybridized carbons (Fsp3) is 0.556. The number of halogens is 1. The molecular weight excluding hydrogens is 174 g/mol. The molecule has 1 atom stereocenters. The Hall–Kier alpha value is -0.470. The minimum Gasteiger partial charge on any atom is -0.468 e. The molecule has 1 saturated carbocycles. The van der Waals surface area contributed by atoms with Gasteiger partial charge >= 0.3 is 0 Å². The van der Waals surface area contributed by atoms with Crippen LogP contribution in [0.25, 0.3) is 0 Å². The molecule has 1 heterocycles. The summed E-state index contributed by atoms with van der Waals surface area (Å²) in [5.41, 5.74) is 5.95. The Kier molecular flexibility index (Phi) is 3.18. The second-order valence-corrected chi connectivity index (χ2v) is 3.23. The maximum absolute atomic E-state index is 5.95. The van der Waals surface area contributed by atoms with Crippen LogP contribution >= 0.6 is 12.4 Å². The quantitative estimate of drug-likeness (QED) is 0.773. The summed E-state index contributed by atoms with van der Waals surface area (Å²) in [4.78, 5) is 0. The molecule has 0 amide bonds. The van der Waals surface area contributed by atoms with Gasteiger partial charge in [0.1, 0.15) is 5.76 Å². The second kappa shape index (κ2) is 3.97. The average Bonchev–Trinajstić information content (AvgIpc) is 2.32. The van der Waals surface area contributed by atoms with Crippen molar-refractivity contribution in [3.8, 4) is 0 Å². The van der Waals surface area contributed by atoms with E-state index in [-0.39, 0.29) is 18.4 Å². The zero-order valence-corrected chi connectivity index (χ0v) is 7.72. The molecule has 1 aliphatic carbocycles. The summed E-state index contributed by atoms with van der Waals surface area (Å²) in [6.07, 6.45) is 5.55. The minimum atomic E-state index is 0. The third-order valence-electron chi connectivity index (χ3n) is 2.53. The third kappa shape index (κ3) is 1.65. The lowest BCUT2D eigenvalue weighted by Crippen LogP contribution is -2.26. The predicted molar refractivity (Wildman–Crippen MR) is 50.2 cm³/mol. The Bertz CT molecular complexity index is 218. The molecule has 68 valence electrons. The van der Waals surface area contributed by atoms with Gasteiger partial charge in [-0.05, 0) is 30.9 Å². The molecule has 0 spiro atoms. The fourth-order valence-electron chi connectivity index (χ4n) is 1.51. The van der Waals surface area contributed by atoms with Crippen molar-refractivity contribution in [2.45, 2.75) is 25.3 Å². The molecule has 0 aliphatic heterocycles. The molecule has 12 heavy (non-hydrogen) atoms. The first kappa shape index (κ1) is 9.62. The molecule has 0 unspecified atom stereocenters. The van der Waals surface area contributed by atoms with E-state index >= 15 is 0 Å². The summed E-state index contributed by atoms with van der Waals surface area (Å²) in [5, 5.41) is 0. The highest BCUT2D eigenvalue weighted by molar-refractivity contribution is 5.85. The van der Waals surface area contributed by atoms with Crippen molar-refractivity contribution in [3.63, 3.8) is 0 Å². The van der Waals surface area contributed by atoms with Crippen molar-refractivity contribution in [2.24, 2.45) is 11.7 Å². The molecular formula is C9H14ClNO. The predicted octanol–water partition coefficient (Wildman–Crippen LogP) is 2.50. The number of hydrogen-bond donors (Lipinski definition) is 1. The monoisotopic (exact) mass is 187 g/mol. The van der Waals surface area contributed by atoms with E-state index < -0.39 is 0 Å². The van der Waals surface area contributed by atoms with E-state index in [0.29, 0.717) is 5.92 Å². The largest absolute Gasteiger partial charge is 0.468 e. The van der Waals surface area contributed by atoms with Crippen LogP contribution in [-0.2, 0) is 0 Å². The van der Waals surface area contributed by atoms with Crippen LogP contribution in [0.2, 0.25) is 0 Å². The van der Waals surface area contributed by atoms with E-state index in [2.05, 4.69) is 0 Å². The Morgan fingerprint density at radius 1 is 1.50 bits per heavy atom. The van der Waals surface area contributed by atoms with E-state index in [4.69, 9.17) is 10.2 Å². The molecule has 0 bridgehead atoms. The smallest absolute Gasteiger partial charge is 0.120 e. The van der Waals surface area contributed by atoms with Gasteiger partial charge in [0.15, 0.2) is 0 Å². The first-order valence-electron chi connectivity index (χ1n) is 4.17. The van der Waals surface area contributed by atoms with Crippen LogP contribution < -0.4 is 5.73 Å². The van der Waals surface area contributed by atoms with Crippen LogP contribution in [0.15, 0.2) is 22.8 Å². The number of furan rings is 1. The van der Waals surface area contributed by atoms with Crippen LogP contribution in [0.3, 0.4) is 0 Å². The van der Waals surface area contributed by atoms with Gasteiger partial charge in [0.2, 0.25) is 0 Å². The molecule has 1 aliphatic rings. The Balaban J connectivity index is 0.000000720. The van der Waals surface area contributed by atoms with Crippen LogP contribution in [-0.4, -0.2) is 0 Å². The topological polar surface area (TPSA) is 39.2 Å².